The van der Waals surface area contributed by atoms with E-state index in [-0.39, 0.29) is 6.04 Å². The van der Waals surface area contributed by atoms with Gasteiger partial charge in [-0.3, -0.25) is 4.90 Å². The number of benzene rings is 1. The molecule has 1 atom stereocenters. The molecule has 1 aromatic rings. The van der Waals surface area contributed by atoms with E-state index in [1.54, 1.807) is 14.2 Å². The van der Waals surface area contributed by atoms with E-state index in [1.807, 2.05) is 19.1 Å². The van der Waals surface area contributed by atoms with Gasteiger partial charge in [0.25, 0.3) is 0 Å². The zero-order valence-electron chi connectivity index (χ0n) is 12.6. The summed E-state index contributed by atoms with van der Waals surface area (Å²) in [4.78, 5) is 2.24. The highest BCUT2D eigenvalue weighted by Crippen LogP contribution is 2.28. The molecule has 0 aliphatic rings. The van der Waals surface area contributed by atoms with E-state index in [0.29, 0.717) is 25.5 Å². The van der Waals surface area contributed by atoms with Crippen molar-refractivity contribution in [3.8, 4) is 5.75 Å². The van der Waals surface area contributed by atoms with Crippen molar-refractivity contribution in [2.24, 2.45) is 0 Å². The molecule has 0 aliphatic heterocycles. The van der Waals surface area contributed by atoms with Crippen LogP contribution in [-0.4, -0.2) is 50.0 Å². The lowest BCUT2D eigenvalue weighted by atomic mass is 10.1. The number of aromatic hydroxyl groups is 1. The molecule has 114 valence electrons. The molecular formula is C15H24BrNO3. The Morgan fingerprint density at radius 3 is 2.60 bits per heavy atom. The minimum Gasteiger partial charge on any atom is -0.507 e. The highest BCUT2D eigenvalue weighted by Gasteiger charge is 2.17. The highest BCUT2D eigenvalue weighted by atomic mass is 79.9. The summed E-state index contributed by atoms with van der Waals surface area (Å²) >= 11 is 3.48. The summed E-state index contributed by atoms with van der Waals surface area (Å²) in [6.45, 7) is 6.79. The largest absolute Gasteiger partial charge is 0.507 e. The number of halogens is 1. The molecule has 5 heteroatoms. The summed E-state index contributed by atoms with van der Waals surface area (Å²) in [5.41, 5.74) is 1.79. The van der Waals surface area contributed by atoms with E-state index in [9.17, 15) is 5.11 Å². The molecule has 0 radical (unpaired) electrons. The molecular weight excluding hydrogens is 322 g/mol. The van der Waals surface area contributed by atoms with Crippen LogP contribution in [0.15, 0.2) is 16.6 Å². The van der Waals surface area contributed by atoms with Crippen molar-refractivity contribution in [2.75, 3.05) is 34.0 Å². The third-order valence-electron chi connectivity index (χ3n) is 3.33. The van der Waals surface area contributed by atoms with Gasteiger partial charge in [0.15, 0.2) is 0 Å². The van der Waals surface area contributed by atoms with Crippen LogP contribution in [0.5, 0.6) is 5.75 Å². The van der Waals surface area contributed by atoms with Crippen LogP contribution in [0.1, 0.15) is 18.1 Å². The van der Waals surface area contributed by atoms with Gasteiger partial charge in [0, 0.05) is 43.4 Å². The number of hydrogen-bond acceptors (Lipinski definition) is 4. The third kappa shape index (κ3) is 5.05. The van der Waals surface area contributed by atoms with Gasteiger partial charge >= 0.3 is 0 Å². The van der Waals surface area contributed by atoms with Gasteiger partial charge in [-0.25, -0.2) is 0 Å². The van der Waals surface area contributed by atoms with E-state index >= 15 is 0 Å². The molecule has 0 saturated heterocycles. The number of aryl methyl sites for hydroxylation is 1. The molecule has 20 heavy (non-hydrogen) atoms. The number of phenolic OH excluding ortho intramolecular Hbond substituents is 1. The van der Waals surface area contributed by atoms with Crippen molar-refractivity contribution in [3.05, 3.63) is 27.7 Å². The molecule has 1 unspecified atom stereocenters. The number of phenols is 1. The van der Waals surface area contributed by atoms with Gasteiger partial charge in [-0.15, -0.1) is 0 Å². The number of methoxy groups -OCH3 is 2. The summed E-state index contributed by atoms with van der Waals surface area (Å²) < 4.78 is 11.4. The lowest BCUT2D eigenvalue weighted by Crippen LogP contribution is -2.38. The lowest BCUT2D eigenvalue weighted by molar-refractivity contribution is 0.0700. The molecule has 0 amide bonds. The number of nitrogens with zero attached hydrogens (tertiary/aromatic N) is 1. The summed E-state index contributed by atoms with van der Waals surface area (Å²) in [5, 5.41) is 10.2. The normalized spacial score (nSPS) is 12.9. The molecule has 0 aliphatic carbocycles. The first-order chi connectivity index (χ1) is 9.49. The van der Waals surface area contributed by atoms with Gasteiger partial charge in [-0.2, -0.15) is 0 Å². The van der Waals surface area contributed by atoms with Crippen LogP contribution in [0.2, 0.25) is 0 Å². The Morgan fingerprint density at radius 2 is 2.00 bits per heavy atom. The van der Waals surface area contributed by atoms with Crippen molar-refractivity contribution in [2.45, 2.75) is 26.4 Å². The first kappa shape index (κ1) is 17.4. The van der Waals surface area contributed by atoms with Crippen molar-refractivity contribution < 1.29 is 14.6 Å². The van der Waals surface area contributed by atoms with Gasteiger partial charge < -0.3 is 14.6 Å². The molecule has 1 aromatic carbocycles. The molecule has 1 N–H and O–H groups in total. The maximum atomic E-state index is 10.2. The third-order valence-corrected chi connectivity index (χ3v) is 3.79. The molecule has 0 saturated carbocycles. The fraction of sp³-hybridized carbons (Fsp3) is 0.600. The van der Waals surface area contributed by atoms with Crippen LogP contribution in [0, 0.1) is 6.92 Å². The van der Waals surface area contributed by atoms with E-state index in [2.05, 4.69) is 27.8 Å². The molecule has 4 nitrogen and oxygen atoms in total. The fourth-order valence-electron chi connectivity index (χ4n) is 2.15. The molecule has 0 aromatic heterocycles. The van der Waals surface area contributed by atoms with Gasteiger partial charge in [0.1, 0.15) is 5.75 Å². The molecule has 0 heterocycles. The number of hydrogen-bond donors (Lipinski definition) is 1. The second-order valence-electron chi connectivity index (χ2n) is 5.00. The summed E-state index contributed by atoms with van der Waals surface area (Å²) in [6.07, 6.45) is 0. The van der Waals surface area contributed by atoms with Gasteiger partial charge in [0.05, 0.1) is 13.2 Å². The van der Waals surface area contributed by atoms with Crippen LogP contribution in [0.3, 0.4) is 0 Å². The van der Waals surface area contributed by atoms with Crippen molar-refractivity contribution >= 4 is 15.9 Å². The Hall–Kier alpha value is -0.620. The van der Waals surface area contributed by atoms with Gasteiger partial charge in [-0.1, -0.05) is 15.9 Å². The first-order valence-corrected chi connectivity index (χ1v) is 7.48. The summed E-state index contributed by atoms with van der Waals surface area (Å²) in [7, 11) is 3.39. The average molecular weight is 346 g/mol. The zero-order valence-corrected chi connectivity index (χ0v) is 14.2. The topological polar surface area (TPSA) is 41.9 Å². The van der Waals surface area contributed by atoms with E-state index < -0.39 is 0 Å². The quantitative estimate of drug-likeness (QED) is 0.786. The van der Waals surface area contributed by atoms with Crippen LogP contribution >= 0.6 is 15.9 Å². The molecule has 0 spiro atoms. The standard InChI is InChI=1S/C15H24BrNO3/c1-11-7-14(16)8-13(15(11)18)9-17(5-6-19-3)12(2)10-20-4/h7-8,12,18H,5-6,9-10H2,1-4H3. The van der Waals surface area contributed by atoms with Crippen molar-refractivity contribution in [1.82, 2.24) is 4.90 Å². The Kier molecular flexibility index (Phi) is 7.51. The van der Waals surface area contributed by atoms with Crippen molar-refractivity contribution in [1.29, 1.82) is 0 Å². The van der Waals surface area contributed by atoms with Gasteiger partial charge in [0.2, 0.25) is 0 Å². The minimum atomic E-state index is 0.258. The predicted molar refractivity (Wildman–Crippen MR) is 84.2 cm³/mol. The van der Waals surface area contributed by atoms with Crippen molar-refractivity contribution in [3.63, 3.8) is 0 Å². The second kappa shape index (κ2) is 8.62. The Balaban J connectivity index is 2.88. The molecule has 0 bridgehead atoms. The van der Waals surface area contributed by atoms with E-state index in [0.717, 1.165) is 22.1 Å². The maximum Gasteiger partial charge on any atom is 0.123 e. The minimum absolute atomic E-state index is 0.258. The smallest absolute Gasteiger partial charge is 0.123 e. The number of ether oxygens (including phenoxy) is 2. The SMILES string of the molecule is COCCN(Cc1cc(Br)cc(C)c1O)C(C)COC. The first-order valence-electron chi connectivity index (χ1n) is 6.69. The average Bonchev–Trinajstić information content (AvgIpc) is 2.40. The van der Waals surface area contributed by atoms with Gasteiger partial charge in [-0.05, 0) is 31.5 Å². The highest BCUT2D eigenvalue weighted by molar-refractivity contribution is 9.10. The Morgan fingerprint density at radius 1 is 1.30 bits per heavy atom. The zero-order chi connectivity index (χ0) is 15.1. The number of rotatable bonds is 8. The fourth-order valence-corrected chi connectivity index (χ4v) is 2.77. The van der Waals surface area contributed by atoms with E-state index in [1.165, 1.54) is 0 Å². The second-order valence-corrected chi connectivity index (χ2v) is 5.91. The van der Waals surface area contributed by atoms with Crippen LogP contribution in [0.25, 0.3) is 0 Å². The molecule has 0 fully saturated rings. The molecule has 1 rings (SSSR count). The maximum absolute atomic E-state index is 10.2. The predicted octanol–water partition coefficient (Wildman–Crippen LogP) is 2.95. The van der Waals surface area contributed by atoms with Crippen LogP contribution < -0.4 is 0 Å². The lowest BCUT2D eigenvalue weighted by Gasteiger charge is -2.29. The van der Waals surface area contributed by atoms with E-state index in [4.69, 9.17) is 9.47 Å². The van der Waals surface area contributed by atoms with Crippen LogP contribution in [-0.2, 0) is 16.0 Å². The Bertz CT molecular complexity index is 426. The summed E-state index contributed by atoms with van der Waals surface area (Å²) in [5.74, 6) is 0.361. The summed E-state index contributed by atoms with van der Waals surface area (Å²) in [6, 6.07) is 4.13. The van der Waals surface area contributed by atoms with Crippen LogP contribution in [0.4, 0.5) is 0 Å². The Labute approximate surface area is 129 Å². The monoisotopic (exact) mass is 345 g/mol.